The van der Waals surface area contributed by atoms with Crippen LogP contribution in [0.2, 0.25) is 0 Å². The predicted molar refractivity (Wildman–Crippen MR) is 63.2 cm³/mol. The van der Waals surface area contributed by atoms with E-state index >= 15 is 0 Å². The Morgan fingerprint density at radius 2 is 2.07 bits per heavy atom. The van der Waals surface area contributed by atoms with Gasteiger partial charge in [0.2, 0.25) is 0 Å². The van der Waals surface area contributed by atoms with Gasteiger partial charge in [-0.05, 0) is 44.0 Å². The summed E-state index contributed by atoms with van der Waals surface area (Å²) in [5, 5.41) is 0.902. The zero-order valence-electron chi connectivity index (χ0n) is 9.12. The van der Waals surface area contributed by atoms with Crippen LogP contribution in [0.15, 0.2) is 5.16 Å². The molecule has 0 aliphatic heterocycles. The maximum atomic E-state index is 5.62. The molecule has 2 N–H and O–H groups in total. The van der Waals surface area contributed by atoms with E-state index in [1.165, 1.54) is 29.8 Å². The largest absolute Gasteiger partial charge is 0.330 e. The second-order valence-electron chi connectivity index (χ2n) is 3.83. The average Bonchev–Trinajstić information content (AvgIpc) is 2.29. The molecule has 3 nitrogen and oxygen atoms in total. The minimum absolute atomic E-state index is 0.678. The zero-order valence-corrected chi connectivity index (χ0v) is 9.94. The van der Waals surface area contributed by atoms with E-state index in [9.17, 15) is 0 Å². The van der Waals surface area contributed by atoms with Crippen LogP contribution in [-0.2, 0) is 19.3 Å². The molecule has 0 fully saturated rings. The molecule has 1 heterocycles. The van der Waals surface area contributed by atoms with Gasteiger partial charge in [-0.25, -0.2) is 9.97 Å². The fourth-order valence-electron chi connectivity index (χ4n) is 2.08. The summed E-state index contributed by atoms with van der Waals surface area (Å²) in [5.41, 5.74) is 9.45. The van der Waals surface area contributed by atoms with Crippen molar-refractivity contribution in [2.75, 3.05) is 12.8 Å². The first-order valence-corrected chi connectivity index (χ1v) is 6.70. The van der Waals surface area contributed by atoms with E-state index in [4.69, 9.17) is 5.73 Å². The highest BCUT2D eigenvalue weighted by molar-refractivity contribution is 7.98. The van der Waals surface area contributed by atoms with Crippen LogP contribution < -0.4 is 5.73 Å². The van der Waals surface area contributed by atoms with E-state index in [0.29, 0.717) is 6.54 Å². The molecule has 0 saturated carbocycles. The Morgan fingerprint density at radius 1 is 1.27 bits per heavy atom. The fourth-order valence-corrected chi connectivity index (χ4v) is 2.48. The van der Waals surface area contributed by atoms with Gasteiger partial charge in [0.1, 0.15) is 0 Å². The van der Waals surface area contributed by atoms with Crippen molar-refractivity contribution in [3.8, 4) is 0 Å². The summed E-state index contributed by atoms with van der Waals surface area (Å²) in [7, 11) is 0. The number of aryl methyl sites for hydroxylation is 1. The summed E-state index contributed by atoms with van der Waals surface area (Å²) >= 11 is 1.62. The molecule has 0 bridgehead atoms. The Labute approximate surface area is 94.9 Å². The third-order valence-electron chi connectivity index (χ3n) is 2.81. The molecule has 1 aromatic rings. The standard InChI is InChI=1S/C11H17N3S/c1-15-11-13-9-5-3-2-4-8(9)10(14-11)6-7-12/h2-7,12H2,1H3. The Hall–Kier alpha value is -0.610. The van der Waals surface area contributed by atoms with E-state index in [1.807, 2.05) is 6.26 Å². The normalized spacial score (nSPS) is 15.1. The third kappa shape index (κ3) is 2.32. The van der Waals surface area contributed by atoms with Crippen molar-refractivity contribution in [2.45, 2.75) is 37.3 Å². The number of rotatable bonds is 3. The molecule has 0 radical (unpaired) electrons. The molecule has 1 aromatic heterocycles. The molecule has 0 aromatic carbocycles. The van der Waals surface area contributed by atoms with Gasteiger partial charge in [0.25, 0.3) is 0 Å². The molecule has 0 atom stereocenters. The van der Waals surface area contributed by atoms with Crippen molar-refractivity contribution >= 4 is 11.8 Å². The zero-order chi connectivity index (χ0) is 10.7. The highest BCUT2D eigenvalue weighted by atomic mass is 32.2. The van der Waals surface area contributed by atoms with Gasteiger partial charge >= 0.3 is 0 Å². The van der Waals surface area contributed by atoms with Crippen LogP contribution in [-0.4, -0.2) is 22.8 Å². The molecule has 1 aliphatic carbocycles. The van der Waals surface area contributed by atoms with Gasteiger partial charge in [0.05, 0.1) is 0 Å². The van der Waals surface area contributed by atoms with E-state index in [-0.39, 0.29) is 0 Å². The molecule has 4 heteroatoms. The molecule has 82 valence electrons. The van der Waals surface area contributed by atoms with Crippen molar-refractivity contribution < 1.29 is 0 Å². The quantitative estimate of drug-likeness (QED) is 0.624. The van der Waals surface area contributed by atoms with Crippen LogP contribution in [0.1, 0.15) is 29.8 Å². The van der Waals surface area contributed by atoms with Gasteiger partial charge in [-0.15, -0.1) is 0 Å². The second kappa shape index (κ2) is 4.94. The number of aromatic nitrogens is 2. The Kier molecular flexibility index (Phi) is 3.59. The van der Waals surface area contributed by atoms with Crippen molar-refractivity contribution in [1.82, 2.24) is 9.97 Å². The summed E-state index contributed by atoms with van der Waals surface area (Å²) in [6.45, 7) is 0.678. The first kappa shape index (κ1) is 10.9. The van der Waals surface area contributed by atoms with Crippen molar-refractivity contribution in [1.29, 1.82) is 0 Å². The lowest BCUT2D eigenvalue weighted by Crippen LogP contribution is -2.15. The van der Waals surface area contributed by atoms with Crippen molar-refractivity contribution in [3.05, 3.63) is 17.0 Å². The number of hydrogen-bond acceptors (Lipinski definition) is 4. The van der Waals surface area contributed by atoms with Gasteiger partial charge in [-0.2, -0.15) is 0 Å². The summed E-state index contributed by atoms with van der Waals surface area (Å²) in [6, 6.07) is 0. The molecular formula is C11H17N3S. The van der Waals surface area contributed by atoms with Gasteiger partial charge in [0.15, 0.2) is 5.16 Å². The highest BCUT2D eigenvalue weighted by Crippen LogP contribution is 2.24. The number of nitrogens with zero attached hydrogens (tertiary/aromatic N) is 2. The number of fused-ring (bicyclic) bond motifs is 1. The smallest absolute Gasteiger partial charge is 0.187 e. The summed E-state index contributed by atoms with van der Waals surface area (Å²) in [4.78, 5) is 9.15. The molecule has 0 amide bonds. The van der Waals surface area contributed by atoms with Gasteiger partial charge in [0, 0.05) is 17.8 Å². The lowest BCUT2D eigenvalue weighted by molar-refractivity contribution is 0.634. The minimum Gasteiger partial charge on any atom is -0.330 e. The van der Waals surface area contributed by atoms with Crippen molar-refractivity contribution in [2.24, 2.45) is 5.73 Å². The molecular weight excluding hydrogens is 206 g/mol. The fraction of sp³-hybridized carbons (Fsp3) is 0.636. The van der Waals surface area contributed by atoms with Crippen LogP contribution in [0.4, 0.5) is 0 Å². The predicted octanol–water partition coefficient (Wildman–Crippen LogP) is 1.58. The van der Waals surface area contributed by atoms with Crippen LogP contribution in [0.25, 0.3) is 0 Å². The van der Waals surface area contributed by atoms with E-state index in [2.05, 4.69) is 9.97 Å². The van der Waals surface area contributed by atoms with E-state index in [0.717, 1.165) is 24.4 Å². The molecule has 0 spiro atoms. The first-order chi connectivity index (χ1) is 7.35. The van der Waals surface area contributed by atoms with Crippen LogP contribution >= 0.6 is 11.8 Å². The lowest BCUT2D eigenvalue weighted by atomic mass is 9.94. The lowest BCUT2D eigenvalue weighted by Gasteiger charge is -2.18. The minimum atomic E-state index is 0.678. The maximum Gasteiger partial charge on any atom is 0.187 e. The molecule has 0 saturated heterocycles. The Balaban J connectivity index is 2.41. The topological polar surface area (TPSA) is 51.8 Å². The molecule has 1 aliphatic rings. The maximum absolute atomic E-state index is 5.62. The number of thioether (sulfide) groups is 1. The third-order valence-corrected chi connectivity index (χ3v) is 3.36. The number of hydrogen-bond donors (Lipinski definition) is 1. The molecule has 0 unspecified atom stereocenters. The van der Waals surface area contributed by atoms with Crippen LogP contribution in [0.5, 0.6) is 0 Å². The monoisotopic (exact) mass is 223 g/mol. The SMILES string of the molecule is CSc1nc(CCN)c2c(n1)CCCC2. The summed E-state index contributed by atoms with van der Waals surface area (Å²) < 4.78 is 0. The van der Waals surface area contributed by atoms with Gasteiger partial charge < -0.3 is 5.73 Å². The average molecular weight is 223 g/mol. The van der Waals surface area contributed by atoms with Crippen LogP contribution in [0, 0.1) is 0 Å². The van der Waals surface area contributed by atoms with E-state index in [1.54, 1.807) is 11.8 Å². The van der Waals surface area contributed by atoms with Crippen molar-refractivity contribution in [3.63, 3.8) is 0 Å². The summed E-state index contributed by atoms with van der Waals surface area (Å²) in [5.74, 6) is 0. The first-order valence-electron chi connectivity index (χ1n) is 5.48. The summed E-state index contributed by atoms with van der Waals surface area (Å²) in [6.07, 6.45) is 7.70. The van der Waals surface area contributed by atoms with Gasteiger partial charge in [-0.1, -0.05) is 11.8 Å². The molecule has 15 heavy (non-hydrogen) atoms. The Bertz CT molecular complexity index is 352. The Morgan fingerprint density at radius 3 is 2.80 bits per heavy atom. The highest BCUT2D eigenvalue weighted by Gasteiger charge is 2.16. The molecule has 2 rings (SSSR count). The van der Waals surface area contributed by atoms with Gasteiger partial charge in [-0.3, -0.25) is 0 Å². The number of nitrogens with two attached hydrogens (primary N) is 1. The van der Waals surface area contributed by atoms with E-state index < -0.39 is 0 Å². The van der Waals surface area contributed by atoms with Crippen LogP contribution in [0.3, 0.4) is 0 Å². The second-order valence-corrected chi connectivity index (χ2v) is 4.60.